The van der Waals surface area contributed by atoms with E-state index in [4.69, 9.17) is 16.3 Å². The van der Waals surface area contributed by atoms with Crippen LogP contribution in [0.3, 0.4) is 0 Å². The highest BCUT2D eigenvalue weighted by Crippen LogP contribution is 2.20. The lowest BCUT2D eigenvalue weighted by molar-refractivity contribution is -0.135. The van der Waals surface area contributed by atoms with Gasteiger partial charge in [-0.25, -0.2) is 0 Å². The minimum absolute atomic E-state index is 0.0200. The number of β-amino-alcohol motifs (C(OH)–C–C–N with tert-alkyl or cyclic N) is 1. The lowest BCUT2D eigenvalue weighted by Gasteiger charge is -2.35. The van der Waals surface area contributed by atoms with Gasteiger partial charge in [0.05, 0.1) is 0 Å². The maximum absolute atomic E-state index is 12.3. The highest BCUT2D eigenvalue weighted by Gasteiger charge is 2.23. The molecular formula is C18H21ClN2O3S. The van der Waals surface area contributed by atoms with Crippen LogP contribution in [0.5, 0.6) is 5.75 Å². The maximum atomic E-state index is 12.3. The van der Waals surface area contributed by atoms with Crippen LogP contribution < -0.4 is 4.74 Å². The van der Waals surface area contributed by atoms with Gasteiger partial charge in [-0.1, -0.05) is 17.7 Å². The zero-order chi connectivity index (χ0) is 17.6. The number of amides is 1. The number of rotatable bonds is 6. The molecule has 5 nitrogen and oxygen atoms in total. The second-order valence-corrected chi connectivity index (χ2v) is 7.37. The Kier molecular flexibility index (Phi) is 6.31. The quantitative estimate of drug-likeness (QED) is 0.837. The summed E-state index contributed by atoms with van der Waals surface area (Å²) in [5, 5.41) is 12.8. The van der Waals surface area contributed by atoms with Crippen LogP contribution in [0.1, 0.15) is 11.0 Å². The summed E-state index contributed by atoms with van der Waals surface area (Å²) in [6.45, 7) is 3.45. The van der Waals surface area contributed by atoms with E-state index >= 15 is 0 Å². The number of nitrogens with zero attached hydrogens (tertiary/aromatic N) is 2. The number of carbonyl (C=O) groups excluding carboxylic acids is 1. The molecule has 1 amide bonds. The van der Waals surface area contributed by atoms with Crippen molar-refractivity contribution in [3.63, 3.8) is 0 Å². The van der Waals surface area contributed by atoms with Crippen LogP contribution in [0.4, 0.5) is 0 Å². The molecule has 1 saturated heterocycles. The van der Waals surface area contributed by atoms with Crippen LogP contribution in [0, 0.1) is 0 Å². The van der Waals surface area contributed by atoms with Gasteiger partial charge >= 0.3 is 0 Å². The van der Waals surface area contributed by atoms with Crippen LogP contribution in [0.15, 0.2) is 41.8 Å². The summed E-state index contributed by atoms with van der Waals surface area (Å²) < 4.78 is 5.51. The smallest absolute Gasteiger partial charge is 0.260 e. The molecule has 2 heterocycles. The fourth-order valence-electron chi connectivity index (χ4n) is 2.76. The highest BCUT2D eigenvalue weighted by atomic mass is 35.5. The molecule has 25 heavy (non-hydrogen) atoms. The molecule has 1 aromatic carbocycles. The van der Waals surface area contributed by atoms with Crippen LogP contribution in [0.2, 0.25) is 5.02 Å². The molecule has 134 valence electrons. The summed E-state index contributed by atoms with van der Waals surface area (Å²) in [6, 6.07) is 10.9. The molecule has 1 aliphatic heterocycles. The van der Waals surface area contributed by atoms with E-state index in [1.54, 1.807) is 35.6 Å². The summed E-state index contributed by atoms with van der Waals surface area (Å²) in [7, 11) is 0. The summed E-state index contributed by atoms with van der Waals surface area (Å²) in [4.78, 5) is 17.2. The van der Waals surface area contributed by atoms with E-state index in [-0.39, 0.29) is 12.5 Å². The molecule has 3 rings (SSSR count). The largest absolute Gasteiger partial charge is 0.484 e. The number of ether oxygens (including phenoxy) is 1. The van der Waals surface area contributed by atoms with Crippen LogP contribution in [-0.4, -0.2) is 60.1 Å². The number of halogens is 1. The summed E-state index contributed by atoms with van der Waals surface area (Å²) in [5.41, 5.74) is 0. The Morgan fingerprint density at radius 3 is 2.56 bits per heavy atom. The van der Waals surface area contributed by atoms with Crippen molar-refractivity contribution in [3.05, 3.63) is 51.7 Å². The third kappa shape index (κ3) is 5.19. The molecule has 0 aliphatic carbocycles. The standard InChI is InChI=1S/C18H21ClN2O3S/c19-14-3-5-15(6-4-14)24-13-18(23)21-9-7-20(8-10-21)12-16(22)17-2-1-11-25-17/h1-6,11,16,22H,7-10,12-13H2. The van der Waals surface area contributed by atoms with Crippen LogP contribution >= 0.6 is 22.9 Å². The molecule has 1 aliphatic rings. The van der Waals surface area contributed by atoms with Crippen molar-refractivity contribution < 1.29 is 14.6 Å². The van der Waals surface area contributed by atoms with E-state index in [0.29, 0.717) is 30.4 Å². The second kappa shape index (κ2) is 8.67. The zero-order valence-electron chi connectivity index (χ0n) is 13.8. The molecule has 0 saturated carbocycles. The molecule has 1 unspecified atom stereocenters. The average molecular weight is 381 g/mol. The minimum atomic E-state index is -0.463. The number of hydrogen-bond donors (Lipinski definition) is 1. The molecule has 1 fully saturated rings. The first-order valence-corrected chi connectivity index (χ1v) is 9.47. The first-order chi connectivity index (χ1) is 12.1. The van der Waals surface area contributed by atoms with Crippen molar-refractivity contribution in [3.8, 4) is 5.75 Å². The molecule has 0 spiro atoms. The molecule has 0 bridgehead atoms. The Morgan fingerprint density at radius 2 is 1.92 bits per heavy atom. The third-order valence-electron chi connectivity index (χ3n) is 4.20. The van der Waals surface area contributed by atoms with Crippen molar-refractivity contribution >= 4 is 28.8 Å². The van der Waals surface area contributed by atoms with Gasteiger partial charge in [-0.05, 0) is 35.7 Å². The Hall–Kier alpha value is -1.60. The van der Waals surface area contributed by atoms with Gasteiger partial charge in [-0.3, -0.25) is 9.69 Å². The maximum Gasteiger partial charge on any atom is 0.260 e. The Morgan fingerprint density at radius 1 is 1.20 bits per heavy atom. The molecule has 2 aromatic rings. The van der Waals surface area contributed by atoms with E-state index in [9.17, 15) is 9.90 Å². The fourth-order valence-corrected chi connectivity index (χ4v) is 3.59. The van der Waals surface area contributed by atoms with Crippen molar-refractivity contribution in [1.82, 2.24) is 9.80 Å². The molecule has 7 heteroatoms. The number of carbonyl (C=O) groups is 1. The molecule has 0 radical (unpaired) electrons. The van der Waals surface area contributed by atoms with Crippen molar-refractivity contribution in [1.29, 1.82) is 0 Å². The fraction of sp³-hybridized carbons (Fsp3) is 0.389. The number of thiophene rings is 1. The van der Waals surface area contributed by atoms with Gasteiger partial charge in [-0.2, -0.15) is 0 Å². The van der Waals surface area contributed by atoms with Gasteiger partial charge < -0.3 is 14.7 Å². The van der Waals surface area contributed by atoms with Gasteiger partial charge in [-0.15, -0.1) is 11.3 Å². The molecule has 1 atom stereocenters. The number of aliphatic hydroxyl groups is 1. The van der Waals surface area contributed by atoms with Gasteiger partial charge in [0.15, 0.2) is 6.61 Å². The van der Waals surface area contributed by atoms with Gasteiger partial charge in [0.2, 0.25) is 0 Å². The van der Waals surface area contributed by atoms with E-state index in [2.05, 4.69) is 4.90 Å². The predicted octanol–water partition coefficient (Wildman–Crippen LogP) is 2.66. The summed E-state index contributed by atoms with van der Waals surface area (Å²) >= 11 is 7.39. The lowest BCUT2D eigenvalue weighted by Crippen LogP contribution is -2.50. The van der Waals surface area contributed by atoms with E-state index in [0.717, 1.165) is 18.0 Å². The van der Waals surface area contributed by atoms with E-state index in [1.807, 2.05) is 22.4 Å². The topological polar surface area (TPSA) is 53.0 Å². The van der Waals surface area contributed by atoms with Crippen LogP contribution in [-0.2, 0) is 4.79 Å². The lowest BCUT2D eigenvalue weighted by atomic mass is 10.2. The predicted molar refractivity (Wildman–Crippen MR) is 99.2 cm³/mol. The number of hydrogen-bond acceptors (Lipinski definition) is 5. The number of piperazine rings is 1. The molecule has 1 N–H and O–H groups in total. The number of benzene rings is 1. The van der Waals surface area contributed by atoms with Gasteiger partial charge in [0.25, 0.3) is 5.91 Å². The summed E-state index contributed by atoms with van der Waals surface area (Å²) in [6.07, 6.45) is -0.463. The Balaban J connectivity index is 1.40. The Labute approximate surface area is 156 Å². The van der Waals surface area contributed by atoms with Crippen molar-refractivity contribution in [2.75, 3.05) is 39.3 Å². The highest BCUT2D eigenvalue weighted by molar-refractivity contribution is 7.10. The van der Waals surface area contributed by atoms with Gasteiger partial charge in [0.1, 0.15) is 11.9 Å². The number of aliphatic hydroxyl groups excluding tert-OH is 1. The monoisotopic (exact) mass is 380 g/mol. The van der Waals surface area contributed by atoms with E-state index in [1.165, 1.54) is 0 Å². The average Bonchev–Trinajstić information content (AvgIpc) is 3.16. The Bertz CT molecular complexity index is 670. The minimum Gasteiger partial charge on any atom is -0.484 e. The molecular weight excluding hydrogens is 360 g/mol. The molecule has 1 aromatic heterocycles. The second-order valence-electron chi connectivity index (χ2n) is 5.96. The van der Waals surface area contributed by atoms with Crippen molar-refractivity contribution in [2.24, 2.45) is 0 Å². The first-order valence-electron chi connectivity index (χ1n) is 8.22. The van der Waals surface area contributed by atoms with Gasteiger partial charge in [0, 0.05) is 42.6 Å². The SMILES string of the molecule is O=C(COc1ccc(Cl)cc1)N1CCN(CC(O)c2cccs2)CC1. The zero-order valence-corrected chi connectivity index (χ0v) is 15.4. The van der Waals surface area contributed by atoms with Crippen LogP contribution in [0.25, 0.3) is 0 Å². The van der Waals surface area contributed by atoms with Crippen molar-refractivity contribution in [2.45, 2.75) is 6.10 Å². The normalized spacial score (nSPS) is 16.6. The third-order valence-corrected chi connectivity index (χ3v) is 5.43. The van der Waals surface area contributed by atoms with E-state index < -0.39 is 6.10 Å². The first kappa shape index (κ1) is 18.2. The summed E-state index contributed by atoms with van der Waals surface area (Å²) in [5.74, 6) is 0.615.